The number of benzene rings is 1. The van der Waals surface area contributed by atoms with Gasteiger partial charge in [-0.1, -0.05) is 18.2 Å². The molecule has 0 spiro atoms. The molecule has 1 saturated heterocycles. The number of hydroxylamine groups is 1. The fourth-order valence-electron chi connectivity index (χ4n) is 2.31. The van der Waals surface area contributed by atoms with Crippen molar-refractivity contribution in [1.29, 1.82) is 0 Å². The number of amides is 2. The van der Waals surface area contributed by atoms with Crippen molar-refractivity contribution in [2.75, 3.05) is 5.32 Å². The maximum Gasteiger partial charge on any atom is 0.430 e. The number of aliphatic hydroxyl groups is 2. The number of carbonyl (C=O) groups is 3. The van der Waals surface area contributed by atoms with Gasteiger partial charge in [-0.25, -0.2) is 4.79 Å². The zero-order valence-corrected chi connectivity index (χ0v) is 13.3. The Labute approximate surface area is 143 Å². The SMILES string of the molecule is CC(=O)N[C@H]1C(NOC(=O)Nc2ccccc2)O[C@H](C=O)[C@@H](O)[C@@H]1O. The van der Waals surface area contributed by atoms with E-state index in [0.717, 1.165) is 0 Å². The molecule has 0 saturated carbocycles. The van der Waals surface area contributed by atoms with Crippen molar-refractivity contribution in [3.8, 4) is 0 Å². The first-order valence-corrected chi connectivity index (χ1v) is 7.44. The second-order valence-electron chi connectivity index (χ2n) is 5.36. The van der Waals surface area contributed by atoms with Gasteiger partial charge in [-0.3, -0.25) is 10.1 Å². The van der Waals surface area contributed by atoms with Crippen LogP contribution in [0.3, 0.4) is 0 Å². The number of nitrogens with one attached hydrogen (secondary N) is 3. The maximum absolute atomic E-state index is 11.8. The van der Waals surface area contributed by atoms with Crippen molar-refractivity contribution in [3.05, 3.63) is 30.3 Å². The van der Waals surface area contributed by atoms with Crippen LogP contribution in [0.15, 0.2) is 30.3 Å². The van der Waals surface area contributed by atoms with Gasteiger partial charge in [0.05, 0.1) is 6.04 Å². The molecule has 1 aromatic rings. The third-order valence-corrected chi connectivity index (χ3v) is 3.48. The Kier molecular flexibility index (Phi) is 6.42. The van der Waals surface area contributed by atoms with Gasteiger partial charge in [0.25, 0.3) is 0 Å². The summed E-state index contributed by atoms with van der Waals surface area (Å²) in [6.45, 7) is 1.20. The first kappa shape index (κ1) is 18.8. The molecule has 10 nitrogen and oxygen atoms in total. The molecule has 2 rings (SSSR count). The van der Waals surface area contributed by atoms with Gasteiger partial charge in [-0.05, 0) is 12.1 Å². The number of para-hydroxylation sites is 1. The van der Waals surface area contributed by atoms with Gasteiger partial charge in [-0.15, -0.1) is 5.48 Å². The van der Waals surface area contributed by atoms with E-state index in [0.29, 0.717) is 12.0 Å². The van der Waals surface area contributed by atoms with E-state index >= 15 is 0 Å². The Bertz CT molecular complexity index is 612. The Morgan fingerprint density at radius 2 is 1.88 bits per heavy atom. The lowest BCUT2D eigenvalue weighted by atomic mass is 9.96. The summed E-state index contributed by atoms with van der Waals surface area (Å²) in [5.41, 5.74) is 2.72. The summed E-state index contributed by atoms with van der Waals surface area (Å²) in [6, 6.07) is 7.34. The summed E-state index contributed by atoms with van der Waals surface area (Å²) >= 11 is 0. The predicted octanol–water partition coefficient (Wildman–Crippen LogP) is -1.11. The van der Waals surface area contributed by atoms with Crippen LogP contribution in [-0.4, -0.2) is 59.1 Å². The van der Waals surface area contributed by atoms with Crippen LogP contribution in [0.4, 0.5) is 10.5 Å². The lowest BCUT2D eigenvalue weighted by molar-refractivity contribution is -0.207. The maximum atomic E-state index is 11.8. The average Bonchev–Trinajstić information content (AvgIpc) is 2.59. The highest BCUT2D eigenvalue weighted by Gasteiger charge is 2.45. The van der Waals surface area contributed by atoms with Crippen molar-refractivity contribution >= 4 is 24.0 Å². The molecule has 0 bridgehead atoms. The van der Waals surface area contributed by atoms with Crippen molar-refractivity contribution < 1.29 is 34.2 Å². The molecule has 0 aromatic heterocycles. The number of rotatable bonds is 5. The second kappa shape index (κ2) is 8.53. The van der Waals surface area contributed by atoms with Gasteiger partial charge < -0.3 is 29.9 Å². The van der Waals surface area contributed by atoms with E-state index in [4.69, 9.17) is 9.57 Å². The molecule has 25 heavy (non-hydrogen) atoms. The summed E-state index contributed by atoms with van der Waals surface area (Å²) in [5, 5.41) is 24.7. The average molecular weight is 353 g/mol. The van der Waals surface area contributed by atoms with E-state index in [1.54, 1.807) is 30.3 Å². The monoisotopic (exact) mass is 353 g/mol. The molecule has 1 unspecified atom stereocenters. The topological polar surface area (TPSA) is 146 Å². The lowest BCUT2D eigenvalue weighted by Gasteiger charge is -2.40. The first-order chi connectivity index (χ1) is 11.9. The second-order valence-corrected chi connectivity index (χ2v) is 5.36. The first-order valence-electron chi connectivity index (χ1n) is 7.44. The molecule has 5 N–H and O–H groups in total. The summed E-state index contributed by atoms with van der Waals surface area (Å²) in [6.07, 6.45) is -6.22. The minimum atomic E-state index is -1.54. The van der Waals surface area contributed by atoms with Crippen LogP contribution in [0.1, 0.15) is 6.92 Å². The minimum absolute atomic E-state index is 0.302. The fourth-order valence-corrected chi connectivity index (χ4v) is 2.31. The molecule has 1 fully saturated rings. The van der Waals surface area contributed by atoms with Gasteiger partial charge in [-0.2, -0.15) is 0 Å². The van der Waals surface area contributed by atoms with Gasteiger partial charge in [0.1, 0.15) is 18.3 Å². The summed E-state index contributed by atoms with van der Waals surface area (Å²) in [4.78, 5) is 38.8. The molecule has 0 aliphatic carbocycles. The number of hydrogen-bond donors (Lipinski definition) is 5. The van der Waals surface area contributed by atoms with Crippen LogP contribution in [0, 0.1) is 0 Å². The van der Waals surface area contributed by atoms with Crippen LogP contribution >= 0.6 is 0 Å². The van der Waals surface area contributed by atoms with Crippen LogP contribution in [0.2, 0.25) is 0 Å². The van der Waals surface area contributed by atoms with Crippen molar-refractivity contribution in [3.63, 3.8) is 0 Å². The number of aliphatic hydroxyl groups excluding tert-OH is 2. The molecule has 2 amide bonds. The molecular weight excluding hydrogens is 334 g/mol. The van der Waals surface area contributed by atoms with Crippen LogP contribution in [-0.2, 0) is 19.2 Å². The van der Waals surface area contributed by atoms with Crippen molar-refractivity contribution in [1.82, 2.24) is 10.8 Å². The number of anilines is 1. The number of carbonyl (C=O) groups excluding carboxylic acids is 3. The zero-order chi connectivity index (χ0) is 18.4. The molecule has 1 heterocycles. The zero-order valence-electron chi connectivity index (χ0n) is 13.3. The largest absolute Gasteiger partial charge is 0.430 e. The highest BCUT2D eigenvalue weighted by molar-refractivity contribution is 5.84. The van der Waals surface area contributed by atoms with Crippen molar-refractivity contribution in [2.45, 2.75) is 37.5 Å². The lowest BCUT2D eigenvalue weighted by Crippen LogP contribution is -2.67. The Morgan fingerprint density at radius 1 is 1.20 bits per heavy atom. The van der Waals surface area contributed by atoms with E-state index in [1.165, 1.54) is 6.92 Å². The Hall–Kier alpha value is -2.53. The number of aldehydes is 1. The molecule has 1 aromatic carbocycles. The summed E-state index contributed by atoms with van der Waals surface area (Å²) < 4.78 is 5.22. The third-order valence-electron chi connectivity index (χ3n) is 3.48. The summed E-state index contributed by atoms with van der Waals surface area (Å²) in [7, 11) is 0. The molecule has 10 heteroatoms. The molecule has 1 aliphatic rings. The normalized spacial score (nSPS) is 28.7. The molecule has 1 aliphatic heterocycles. The smallest absolute Gasteiger partial charge is 0.388 e. The Morgan fingerprint density at radius 3 is 2.48 bits per heavy atom. The third kappa shape index (κ3) is 4.97. The van der Waals surface area contributed by atoms with E-state index in [-0.39, 0.29) is 0 Å². The van der Waals surface area contributed by atoms with Crippen LogP contribution in [0.5, 0.6) is 0 Å². The quantitative estimate of drug-likeness (QED) is 0.331. The highest BCUT2D eigenvalue weighted by Crippen LogP contribution is 2.19. The van der Waals surface area contributed by atoms with Crippen LogP contribution in [0.25, 0.3) is 0 Å². The number of ether oxygens (including phenoxy) is 1. The summed E-state index contributed by atoms with van der Waals surface area (Å²) in [5.74, 6) is -0.509. The predicted molar refractivity (Wildman–Crippen MR) is 84.0 cm³/mol. The van der Waals surface area contributed by atoms with Crippen molar-refractivity contribution in [2.24, 2.45) is 0 Å². The van der Waals surface area contributed by atoms with Gasteiger partial charge in [0, 0.05) is 12.6 Å². The van der Waals surface area contributed by atoms with Gasteiger partial charge >= 0.3 is 6.09 Å². The van der Waals surface area contributed by atoms with E-state index < -0.39 is 42.6 Å². The fraction of sp³-hybridized carbons (Fsp3) is 0.400. The molecule has 136 valence electrons. The van der Waals surface area contributed by atoms with Crippen LogP contribution < -0.4 is 16.1 Å². The molecule has 5 atom stereocenters. The highest BCUT2D eigenvalue weighted by atomic mass is 16.7. The van der Waals surface area contributed by atoms with E-state index in [9.17, 15) is 24.6 Å². The van der Waals surface area contributed by atoms with Gasteiger partial charge in [0.2, 0.25) is 5.91 Å². The van der Waals surface area contributed by atoms with E-state index in [1.807, 2.05) is 0 Å². The molecule has 0 radical (unpaired) electrons. The van der Waals surface area contributed by atoms with Gasteiger partial charge in [0.15, 0.2) is 12.5 Å². The Balaban J connectivity index is 1.99. The molecular formula is C15H19N3O7. The van der Waals surface area contributed by atoms with E-state index in [2.05, 4.69) is 16.1 Å². The standard InChI is InChI=1S/C15H19N3O7/c1-8(20)16-11-13(22)12(21)10(7-19)24-14(11)18-25-15(23)17-9-5-3-2-4-6-9/h2-7,10-14,18,21-22H,1H3,(H,16,20)(H,17,23)/t10-,11-,12-,13-,14?/m1/s1. The number of hydrogen-bond acceptors (Lipinski definition) is 8. The minimum Gasteiger partial charge on any atom is -0.388 e.